The van der Waals surface area contributed by atoms with Crippen molar-refractivity contribution in [2.24, 2.45) is 0 Å². The highest BCUT2D eigenvalue weighted by atomic mass is 16.6. The Balaban J connectivity index is 1.75. The number of aryl methyl sites for hydroxylation is 2. The van der Waals surface area contributed by atoms with Crippen molar-refractivity contribution in [2.75, 3.05) is 0 Å². The summed E-state index contributed by atoms with van der Waals surface area (Å²) in [4.78, 5) is 32.4. The summed E-state index contributed by atoms with van der Waals surface area (Å²) in [5.74, 6) is 0. The number of rotatable bonds is 6. The van der Waals surface area contributed by atoms with Crippen molar-refractivity contribution in [3.8, 4) is 5.69 Å². The molecular weight excluding hydrogens is 368 g/mol. The van der Waals surface area contributed by atoms with Gasteiger partial charge in [-0.25, -0.2) is 4.98 Å². The number of nitrogens with zero attached hydrogens (tertiary/aromatic N) is 4. The van der Waals surface area contributed by atoms with E-state index in [4.69, 9.17) is 0 Å². The first-order valence-electron chi connectivity index (χ1n) is 9.27. The van der Waals surface area contributed by atoms with E-state index >= 15 is 0 Å². The van der Waals surface area contributed by atoms with E-state index in [2.05, 4.69) is 9.97 Å². The molecule has 0 aliphatic heterocycles. The minimum atomic E-state index is -0.470. The fraction of sp³-hybridized carbons (Fsp3) is 0.136. The molecule has 1 aromatic carbocycles. The molecule has 0 spiro atoms. The second-order valence-corrected chi connectivity index (χ2v) is 6.72. The molecule has 0 saturated heterocycles. The maximum Gasteiger partial charge on any atom is 0.271 e. The molecule has 0 amide bonds. The smallest absolute Gasteiger partial charge is 0.269 e. The molecule has 3 heterocycles. The molecule has 0 unspecified atom stereocenters. The zero-order valence-corrected chi connectivity index (χ0v) is 15.6. The van der Waals surface area contributed by atoms with E-state index in [9.17, 15) is 14.9 Å². The largest absolute Gasteiger partial charge is 0.271 e. The Hall–Kier alpha value is -3.87. The Bertz CT molecular complexity index is 1240. The summed E-state index contributed by atoms with van der Waals surface area (Å²) >= 11 is 0. The number of hydrogen-bond acceptors (Lipinski definition) is 5. The molecule has 4 aromatic rings. The molecule has 0 aliphatic carbocycles. The maximum atomic E-state index is 13.2. The van der Waals surface area contributed by atoms with Crippen molar-refractivity contribution in [2.45, 2.75) is 19.3 Å². The molecule has 3 aromatic heterocycles. The monoisotopic (exact) mass is 386 g/mol. The number of non-ortho nitro benzene ring substituents is 1. The van der Waals surface area contributed by atoms with Gasteiger partial charge in [-0.15, -0.1) is 0 Å². The Morgan fingerprint density at radius 2 is 1.86 bits per heavy atom. The zero-order chi connectivity index (χ0) is 20.2. The Kier molecular flexibility index (Phi) is 5.11. The molecule has 0 bridgehead atoms. The topological polar surface area (TPSA) is 90.9 Å². The Morgan fingerprint density at radius 3 is 2.66 bits per heavy atom. The standard InChI is InChI=1S/C22H18N4O3/c27-22-18(7-1-5-16-6-3-11-23-15-16)13-17-8-4-12-24-21(17)25(22)19-9-2-10-20(14-19)26(28)29/h2-4,6,8-15H,1,5,7H2. The predicted octanol–water partition coefficient (Wildman–Crippen LogP) is 3.86. The highest BCUT2D eigenvalue weighted by molar-refractivity contribution is 5.77. The number of hydrogen-bond donors (Lipinski definition) is 0. The highest BCUT2D eigenvalue weighted by Crippen LogP contribution is 2.20. The number of benzene rings is 1. The molecule has 0 saturated carbocycles. The summed E-state index contributed by atoms with van der Waals surface area (Å²) in [7, 11) is 0. The number of aromatic nitrogens is 3. The number of pyridine rings is 3. The van der Waals surface area contributed by atoms with Crippen LogP contribution in [0.3, 0.4) is 0 Å². The average molecular weight is 386 g/mol. The first-order chi connectivity index (χ1) is 14.1. The summed E-state index contributed by atoms with van der Waals surface area (Å²) in [6.45, 7) is 0. The molecule has 7 nitrogen and oxygen atoms in total. The van der Waals surface area contributed by atoms with Crippen LogP contribution in [0, 0.1) is 10.1 Å². The molecular formula is C22H18N4O3. The van der Waals surface area contributed by atoms with E-state index in [0.29, 0.717) is 23.3 Å². The Morgan fingerprint density at radius 1 is 1.00 bits per heavy atom. The summed E-state index contributed by atoms with van der Waals surface area (Å²) < 4.78 is 1.46. The van der Waals surface area contributed by atoms with Gasteiger partial charge < -0.3 is 0 Å². The van der Waals surface area contributed by atoms with E-state index in [1.165, 1.54) is 16.7 Å². The van der Waals surface area contributed by atoms with Crippen LogP contribution in [0.2, 0.25) is 0 Å². The van der Waals surface area contributed by atoms with Crippen LogP contribution in [0.5, 0.6) is 0 Å². The van der Waals surface area contributed by atoms with E-state index in [1.54, 1.807) is 24.5 Å². The van der Waals surface area contributed by atoms with Crippen LogP contribution < -0.4 is 5.56 Å². The van der Waals surface area contributed by atoms with E-state index in [0.717, 1.165) is 23.8 Å². The second-order valence-electron chi connectivity index (χ2n) is 6.72. The third-order valence-electron chi connectivity index (χ3n) is 4.77. The van der Waals surface area contributed by atoms with Crippen LogP contribution in [0.4, 0.5) is 5.69 Å². The van der Waals surface area contributed by atoms with Gasteiger partial charge in [0.2, 0.25) is 0 Å². The third kappa shape index (κ3) is 3.89. The zero-order valence-electron chi connectivity index (χ0n) is 15.6. The number of nitro benzene ring substituents is 1. The van der Waals surface area contributed by atoms with Crippen LogP contribution >= 0.6 is 0 Å². The van der Waals surface area contributed by atoms with Crippen LogP contribution in [0.15, 0.2) is 78.0 Å². The van der Waals surface area contributed by atoms with Crippen LogP contribution in [0.1, 0.15) is 17.5 Å². The average Bonchev–Trinajstić information content (AvgIpc) is 2.75. The molecule has 0 aliphatic rings. The molecule has 0 atom stereocenters. The van der Waals surface area contributed by atoms with Crippen molar-refractivity contribution in [1.29, 1.82) is 0 Å². The van der Waals surface area contributed by atoms with Crippen molar-refractivity contribution in [3.63, 3.8) is 0 Å². The first-order valence-corrected chi connectivity index (χ1v) is 9.27. The number of nitro groups is 1. The van der Waals surface area contributed by atoms with Crippen molar-refractivity contribution >= 4 is 16.7 Å². The van der Waals surface area contributed by atoms with Crippen LogP contribution in [-0.4, -0.2) is 19.5 Å². The van der Waals surface area contributed by atoms with E-state index in [-0.39, 0.29) is 11.2 Å². The first kappa shape index (κ1) is 18.5. The van der Waals surface area contributed by atoms with Crippen LogP contribution in [0.25, 0.3) is 16.7 Å². The molecule has 0 radical (unpaired) electrons. The van der Waals surface area contributed by atoms with Crippen LogP contribution in [-0.2, 0) is 12.8 Å². The SMILES string of the molecule is O=c1c(CCCc2cccnc2)cc2cccnc2n1-c1cccc([N+](=O)[O-])c1. The second kappa shape index (κ2) is 8.02. The lowest BCUT2D eigenvalue weighted by Crippen LogP contribution is -2.23. The van der Waals surface area contributed by atoms with Gasteiger partial charge >= 0.3 is 0 Å². The quantitative estimate of drug-likeness (QED) is 0.371. The normalized spacial score (nSPS) is 10.9. The molecule has 29 heavy (non-hydrogen) atoms. The van der Waals surface area contributed by atoms with Crippen molar-refractivity contribution in [3.05, 3.63) is 105 Å². The van der Waals surface area contributed by atoms with E-state index in [1.807, 2.05) is 36.5 Å². The van der Waals surface area contributed by atoms with Gasteiger partial charge in [-0.05, 0) is 55.2 Å². The molecule has 4 rings (SSSR count). The van der Waals surface area contributed by atoms with Gasteiger partial charge in [0.05, 0.1) is 10.6 Å². The van der Waals surface area contributed by atoms with Gasteiger partial charge in [0.25, 0.3) is 11.2 Å². The third-order valence-corrected chi connectivity index (χ3v) is 4.77. The van der Waals surface area contributed by atoms with Gasteiger partial charge in [-0.1, -0.05) is 12.1 Å². The highest BCUT2D eigenvalue weighted by Gasteiger charge is 2.14. The van der Waals surface area contributed by atoms with Gasteiger partial charge in [-0.3, -0.25) is 24.5 Å². The molecule has 0 fully saturated rings. The lowest BCUT2D eigenvalue weighted by molar-refractivity contribution is -0.384. The van der Waals surface area contributed by atoms with Gasteiger partial charge in [0.1, 0.15) is 5.65 Å². The van der Waals surface area contributed by atoms with Crippen molar-refractivity contribution < 1.29 is 4.92 Å². The lowest BCUT2D eigenvalue weighted by atomic mass is 10.0. The molecule has 0 N–H and O–H groups in total. The maximum absolute atomic E-state index is 13.2. The Labute approximate surface area is 166 Å². The predicted molar refractivity (Wildman–Crippen MR) is 110 cm³/mol. The fourth-order valence-electron chi connectivity index (χ4n) is 3.39. The minimum Gasteiger partial charge on any atom is -0.269 e. The molecule has 7 heteroatoms. The van der Waals surface area contributed by atoms with Gasteiger partial charge in [-0.2, -0.15) is 0 Å². The summed E-state index contributed by atoms with van der Waals surface area (Å²) in [5, 5.41) is 12.0. The minimum absolute atomic E-state index is 0.0690. The number of fused-ring (bicyclic) bond motifs is 1. The summed E-state index contributed by atoms with van der Waals surface area (Å²) in [6.07, 6.45) is 7.37. The summed E-state index contributed by atoms with van der Waals surface area (Å²) in [6, 6.07) is 15.5. The van der Waals surface area contributed by atoms with Gasteiger partial charge in [0.15, 0.2) is 0 Å². The fourth-order valence-corrected chi connectivity index (χ4v) is 3.39. The van der Waals surface area contributed by atoms with Crippen molar-refractivity contribution in [1.82, 2.24) is 14.5 Å². The lowest BCUT2D eigenvalue weighted by Gasteiger charge is -2.12. The summed E-state index contributed by atoms with van der Waals surface area (Å²) in [5.41, 5.74) is 2.41. The molecule has 144 valence electrons. The van der Waals surface area contributed by atoms with E-state index < -0.39 is 4.92 Å². The van der Waals surface area contributed by atoms with Gasteiger partial charge in [0, 0.05) is 41.7 Å².